The van der Waals surface area contributed by atoms with Crippen molar-refractivity contribution in [2.24, 2.45) is 5.92 Å². The van der Waals surface area contributed by atoms with E-state index < -0.39 is 28.0 Å². The van der Waals surface area contributed by atoms with Crippen molar-refractivity contribution < 1.29 is 27.6 Å². The summed E-state index contributed by atoms with van der Waals surface area (Å²) in [4.78, 5) is 32.9. The number of hydrogen-bond donors (Lipinski definition) is 2. The monoisotopic (exact) mass is 530 g/mol. The Morgan fingerprint density at radius 2 is 1.81 bits per heavy atom. The number of likely N-dealkylation sites (tertiary alicyclic amines) is 1. The smallest absolute Gasteiger partial charge is 0.262 e. The number of rotatable bonds is 10. The Balaban J connectivity index is 1.56. The largest absolute Gasteiger partial charge is 0.497 e. The number of carbonyl (C=O) groups is 2. The zero-order valence-corrected chi connectivity index (χ0v) is 21.9. The van der Waals surface area contributed by atoms with Crippen LogP contribution in [-0.2, 0) is 31.1 Å². The van der Waals surface area contributed by atoms with E-state index in [1.807, 2.05) is 42.2 Å². The number of piperidine rings is 1. The van der Waals surface area contributed by atoms with Gasteiger partial charge in [0, 0.05) is 19.1 Å². The van der Waals surface area contributed by atoms with Crippen molar-refractivity contribution in [3.05, 3.63) is 60.2 Å². The fourth-order valence-corrected chi connectivity index (χ4v) is 6.94. The van der Waals surface area contributed by atoms with Gasteiger partial charge < -0.3 is 10.1 Å². The quantitative estimate of drug-likeness (QED) is 0.448. The molecule has 0 aliphatic carbocycles. The van der Waals surface area contributed by atoms with Crippen molar-refractivity contribution in [3.8, 4) is 5.75 Å². The highest BCUT2D eigenvalue weighted by atomic mass is 32.2. The number of hydrogen-bond acceptors (Lipinski definition) is 7. The Morgan fingerprint density at radius 1 is 1.08 bits per heavy atom. The molecule has 200 valence electrons. The molecule has 10 nitrogen and oxygen atoms in total. The molecule has 0 unspecified atom stereocenters. The first-order chi connectivity index (χ1) is 17.8. The second kappa shape index (κ2) is 12.0. The summed E-state index contributed by atoms with van der Waals surface area (Å²) in [6.07, 6.45) is 1.07. The number of ether oxygens (including phenoxy) is 1. The third-order valence-electron chi connectivity index (χ3n) is 6.90. The molecule has 0 bridgehead atoms. The van der Waals surface area contributed by atoms with E-state index in [4.69, 9.17) is 9.57 Å². The maximum absolute atomic E-state index is 13.9. The van der Waals surface area contributed by atoms with Crippen molar-refractivity contribution in [1.82, 2.24) is 20.0 Å². The standard InChI is InChI=1S/C26H34N4O6S/c1-3-27-25(31)17-29-14-13-20-15-23(26(32)28-36-18-19-7-5-4-6-8-19)30(24(20)16-29)37(33,34)22-11-9-21(35-2)10-12-22/h4-12,20,23-24H,3,13-18H2,1-2H3,(H,27,31)(H,28,32)/t20-,23-,24-/m0/s1. The average Bonchev–Trinajstić information content (AvgIpc) is 3.29. The van der Waals surface area contributed by atoms with Gasteiger partial charge in [-0.3, -0.25) is 19.3 Å². The second-order valence-corrected chi connectivity index (χ2v) is 11.2. The van der Waals surface area contributed by atoms with Gasteiger partial charge in [-0.15, -0.1) is 0 Å². The summed E-state index contributed by atoms with van der Waals surface area (Å²) in [5.74, 6) is -0.0826. The molecule has 2 N–H and O–H groups in total. The number of carbonyl (C=O) groups excluding carboxylic acids is 2. The maximum atomic E-state index is 13.9. The molecule has 0 saturated carbocycles. The van der Waals surface area contributed by atoms with Crippen LogP contribution in [0.3, 0.4) is 0 Å². The highest BCUT2D eigenvalue weighted by Crippen LogP contribution is 2.40. The summed E-state index contributed by atoms with van der Waals surface area (Å²) in [7, 11) is -2.52. The van der Waals surface area contributed by atoms with Gasteiger partial charge >= 0.3 is 0 Å². The average molecular weight is 531 g/mol. The maximum Gasteiger partial charge on any atom is 0.262 e. The van der Waals surface area contributed by atoms with Gasteiger partial charge in [-0.2, -0.15) is 4.31 Å². The van der Waals surface area contributed by atoms with Gasteiger partial charge in [0.05, 0.1) is 25.2 Å². The first kappa shape index (κ1) is 27.1. The van der Waals surface area contributed by atoms with Crippen LogP contribution in [0.15, 0.2) is 59.5 Å². The Labute approximate surface area is 217 Å². The van der Waals surface area contributed by atoms with Gasteiger partial charge in [0.2, 0.25) is 15.9 Å². The molecule has 4 rings (SSSR count). The molecule has 2 amide bonds. The van der Waals surface area contributed by atoms with Crippen LogP contribution in [0.4, 0.5) is 0 Å². The topological polar surface area (TPSA) is 117 Å². The van der Waals surface area contributed by atoms with E-state index in [0.29, 0.717) is 38.2 Å². The van der Waals surface area contributed by atoms with Gasteiger partial charge in [0.15, 0.2) is 0 Å². The molecule has 2 aromatic carbocycles. The summed E-state index contributed by atoms with van der Waals surface area (Å²) in [5, 5.41) is 2.79. The van der Waals surface area contributed by atoms with Crippen LogP contribution >= 0.6 is 0 Å². The molecule has 11 heteroatoms. The lowest BCUT2D eigenvalue weighted by atomic mass is 9.91. The molecule has 3 atom stereocenters. The second-order valence-electron chi connectivity index (χ2n) is 9.31. The van der Waals surface area contributed by atoms with Gasteiger partial charge in [-0.05, 0) is 62.1 Å². The van der Waals surface area contributed by atoms with Crippen LogP contribution in [0.25, 0.3) is 0 Å². The number of hydroxylamine groups is 1. The predicted octanol–water partition coefficient (Wildman–Crippen LogP) is 1.53. The van der Waals surface area contributed by atoms with E-state index in [-0.39, 0.29) is 29.9 Å². The molecule has 37 heavy (non-hydrogen) atoms. The first-order valence-electron chi connectivity index (χ1n) is 12.5. The lowest BCUT2D eigenvalue weighted by Crippen LogP contribution is -2.55. The van der Waals surface area contributed by atoms with E-state index in [2.05, 4.69) is 10.8 Å². The Bertz CT molecular complexity index is 1180. The van der Waals surface area contributed by atoms with Gasteiger partial charge in [-0.25, -0.2) is 13.9 Å². The third kappa shape index (κ3) is 6.30. The summed E-state index contributed by atoms with van der Waals surface area (Å²) in [5.41, 5.74) is 3.35. The molecule has 2 heterocycles. The molecule has 2 aromatic rings. The number of likely N-dealkylation sites (N-methyl/N-ethyl adjacent to an activating group) is 1. The zero-order valence-electron chi connectivity index (χ0n) is 21.1. The SMILES string of the molecule is CCNC(=O)CN1CC[C@H]2C[C@@H](C(=O)NOCc3ccccc3)N(S(=O)(=O)c3ccc(OC)cc3)[C@H]2C1. The first-order valence-corrected chi connectivity index (χ1v) is 13.9. The van der Waals surface area contributed by atoms with Crippen LogP contribution < -0.4 is 15.5 Å². The Kier molecular flexibility index (Phi) is 8.80. The van der Waals surface area contributed by atoms with E-state index in [9.17, 15) is 18.0 Å². The number of sulfonamides is 1. The zero-order chi connectivity index (χ0) is 26.4. The van der Waals surface area contributed by atoms with Crippen LogP contribution in [0.2, 0.25) is 0 Å². The summed E-state index contributed by atoms with van der Waals surface area (Å²) < 4.78 is 34.3. The van der Waals surface area contributed by atoms with Gasteiger partial charge in [0.1, 0.15) is 11.8 Å². The van der Waals surface area contributed by atoms with Crippen LogP contribution in [0, 0.1) is 5.92 Å². The van der Waals surface area contributed by atoms with E-state index in [0.717, 1.165) is 5.56 Å². The highest BCUT2D eigenvalue weighted by molar-refractivity contribution is 7.89. The predicted molar refractivity (Wildman–Crippen MR) is 137 cm³/mol. The van der Waals surface area contributed by atoms with Crippen LogP contribution in [-0.4, -0.2) is 74.8 Å². The summed E-state index contributed by atoms with van der Waals surface area (Å²) in [6, 6.07) is 14.1. The Hall–Kier alpha value is -2.99. The summed E-state index contributed by atoms with van der Waals surface area (Å²) >= 11 is 0. The summed E-state index contributed by atoms with van der Waals surface area (Å²) in [6.45, 7) is 3.76. The minimum Gasteiger partial charge on any atom is -0.497 e. The van der Waals surface area contributed by atoms with Crippen LogP contribution in [0.5, 0.6) is 5.75 Å². The fourth-order valence-electron chi connectivity index (χ4n) is 5.10. The number of nitrogens with one attached hydrogen (secondary N) is 2. The third-order valence-corrected chi connectivity index (χ3v) is 8.85. The molecule has 0 aromatic heterocycles. The number of amides is 2. The molecular weight excluding hydrogens is 496 g/mol. The Morgan fingerprint density at radius 3 is 2.49 bits per heavy atom. The molecule has 2 fully saturated rings. The van der Waals surface area contributed by atoms with Crippen molar-refractivity contribution in [2.45, 2.75) is 43.4 Å². The molecule has 2 aliphatic heterocycles. The molecule has 2 aliphatic rings. The van der Waals surface area contributed by atoms with Crippen LogP contribution in [0.1, 0.15) is 25.3 Å². The van der Waals surface area contributed by atoms with Crippen molar-refractivity contribution >= 4 is 21.8 Å². The van der Waals surface area contributed by atoms with E-state index in [1.54, 1.807) is 12.1 Å². The highest BCUT2D eigenvalue weighted by Gasteiger charge is 2.52. The van der Waals surface area contributed by atoms with E-state index >= 15 is 0 Å². The molecule has 0 radical (unpaired) electrons. The molecular formula is C26H34N4O6S. The minimum atomic E-state index is -4.03. The van der Waals surface area contributed by atoms with Crippen molar-refractivity contribution in [2.75, 3.05) is 33.3 Å². The van der Waals surface area contributed by atoms with Crippen molar-refractivity contribution in [1.29, 1.82) is 0 Å². The fraction of sp³-hybridized carbons (Fsp3) is 0.462. The van der Waals surface area contributed by atoms with Gasteiger partial charge in [0.25, 0.3) is 5.91 Å². The molecule has 0 spiro atoms. The lowest BCUT2D eigenvalue weighted by molar-refractivity contribution is -0.138. The molecule has 2 saturated heterocycles. The lowest BCUT2D eigenvalue weighted by Gasteiger charge is -2.38. The van der Waals surface area contributed by atoms with Gasteiger partial charge in [-0.1, -0.05) is 30.3 Å². The normalized spacial score (nSPS) is 22.3. The number of nitrogens with zero attached hydrogens (tertiary/aromatic N) is 2. The number of methoxy groups -OCH3 is 1. The number of fused-ring (bicyclic) bond motifs is 1. The minimum absolute atomic E-state index is 0.0108. The van der Waals surface area contributed by atoms with Crippen molar-refractivity contribution in [3.63, 3.8) is 0 Å². The number of benzene rings is 2. The van der Waals surface area contributed by atoms with E-state index in [1.165, 1.54) is 23.5 Å².